The molecule has 1 aliphatic carbocycles. The SMILES string of the molecule is CC(C)c1cnn2c(N[C@@H]3CCc4[nH]c5ccc(-c6cc(S(=O)(=O)O)c7ccccc7c6)cc5c4C3)nc(-c3cncc(F)c3)nc12. The standard InChI is InChI=1S/C35H30FN7O3S/c1-19(2)29-18-38-43-34(29)41-33(23-12-24(36)17-37-16-23)42-35(43)39-25-8-10-31-28(15-25)27-13-20(7-9-30(27)40-31)22-11-21-5-3-4-6-26(21)32(14-22)47(44,45)46/h3-7,9,11-14,16-19,25,40H,8,10,15H2,1-2H3,(H,39,41,42)(H,44,45,46)/t25-/m1/s1. The Kier molecular flexibility index (Phi) is 6.81. The Labute approximate surface area is 269 Å². The van der Waals surface area contributed by atoms with Gasteiger partial charge in [-0.05, 0) is 77.6 Å². The Morgan fingerprint density at radius 1 is 0.979 bits per heavy atom. The summed E-state index contributed by atoms with van der Waals surface area (Å²) in [5.74, 6) is 0.586. The Morgan fingerprint density at radius 3 is 2.64 bits per heavy atom. The first-order chi connectivity index (χ1) is 22.6. The fraction of sp³-hybridized carbons (Fsp3) is 0.200. The van der Waals surface area contributed by atoms with Gasteiger partial charge < -0.3 is 10.3 Å². The van der Waals surface area contributed by atoms with E-state index in [1.165, 1.54) is 17.7 Å². The van der Waals surface area contributed by atoms with Crippen molar-refractivity contribution in [3.05, 3.63) is 102 Å². The minimum absolute atomic E-state index is 0.0141. The number of anilines is 1. The van der Waals surface area contributed by atoms with Crippen LogP contribution in [0.1, 0.15) is 43.0 Å². The van der Waals surface area contributed by atoms with Crippen LogP contribution in [0.15, 0.2) is 84.1 Å². The molecule has 0 amide bonds. The molecule has 0 radical (unpaired) electrons. The van der Waals surface area contributed by atoms with E-state index in [1.54, 1.807) is 29.0 Å². The third kappa shape index (κ3) is 5.19. The van der Waals surface area contributed by atoms with Crippen molar-refractivity contribution in [2.75, 3.05) is 5.32 Å². The van der Waals surface area contributed by atoms with E-state index in [4.69, 9.17) is 9.97 Å². The number of H-pyrrole nitrogens is 1. The molecule has 7 aromatic rings. The second kappa shape index (κ2) is 11.0. The lowest BCUT2D eigenvalue weighted by atomic mass is 9.90. The van der Waals surface area contributed by atoms with E-state index in [2.05, 4.69) is 40.3 Å². The molecular weight excluding hydrogens is 617 g/mol. The van der Waals surface area contributed by atoms with Gasteiger partial charge in [0.15, 0.2) is 11.5 Å². The number of aromatic amines is 1. The summed E-state index contributed by atoms with van der Waals surface area (Å²) in [6, 6.07) is 18.0. The number of nitrogens with one attached hydrogen (secondary N) is 2. The predicted octanol–water partition coefficient (Wildman–Crippen LogP) is 6.97. The maximum Gasteiger partial charge on any atom is 0.295 e. The van der Waals surface area contributed by atoms with Crippen LogP contribution < -0.4 is 5.32 Å². The maximum absolute atomic E-state index is 14.1. The highest BCUT2D eigenvalue weighted by atomic mass is 32.2. The molecule has 0 saturated heterocycles. The summed E-state index contributed by atoms with van der Waals surface area (Å²) < 4.78 is 50.5. The molecule has 0 saturated carbocycles. The van der Waals surface area contributed by atoms with Gasteiger partial charge in [0, 0.05) is 45.3 Å². The van der Waals surface area contributed by atoms with Crippen LogP contribution in [0.5, 0.6) is 0 Å². The molecule has 4 aromatic heterocycles. The lowest BCUT2D eigenvalue weighted by Crippen LogP contribution is -2.29. The van der Waals surface area contributed by atoms with Crippen molar-refractivity contribution in [3.63, 3.8) is 0 Å². The third-order valence-corrected chi connectivity index (χ3v) is 9.83. The van der Waals surface area contributed by atoms with Crippen molar-refractivity contribution in [2.45, 2.75) is 50.0 Å². The normalized spacial score (nSPS) is 15.1. The van der Waals surface area contributed by atoms with E-state index < -0.39 is 15.9 Å². The number of hydrogen-bond donors (Lipinski definition) is 3. The van der Waals surface area contributed by atoms with Crippen LogP contribution in [0.2, 0.25) is 0 Å². The van der Waals surface area contributed by atoms with Gasteiger partial charge in [-0.25, -0.2) is 9.37 Å². The minimum atomic E-state index is -4.44. The minimum Gasteiger partial charge on any atom is -0.358 e. The summed E-state index contributed by atoms with van der Waals surface area (Å²) in [4.78, 5) is 17.0. The van der Waals surface area contributed by atoms with Crippen molar-refractivity contribution >= 4 is 43.4 Å². The monoisotopic (exact) mass is 647 g/mol. The van der Waals surface area contributed by atoms with Gasteiger partial charge in [-0.15, -0.1) is 0 Å². The van der Waals surface area contributed by atoms with E-state index in [9.17, 15) is 17.4 Å². The fourth-order valence-electron chi connectivity index (χ4n) is 6.62. The maximum atomic E-state index is 14.1. The molecule has 236 valence electrons. The largest absolute Gasteiger partial charge is 0.358 e. The smallest absolute Gasteiger partial charge is 0.295 e. The van der Waals surface area contributed by atoms with Gasteiger partial charge in [0.2, 0.25) is 5.95 Å². The van der Waals surface area contributed by atoms with Crippen molar-refractivity contribution in [1.82, 2.24) is 29.5 Å². The molecular formula is C35H30FN7O3S. The Hall–Kier alpha value is -5.20. The van der Waals surface area contributed by atoms with Gasteiger partial charge >= 0.3 is 0 Å². The summed E-state index contributed by atoms with van der Waals surface area (Å²) in [7, 11) is -4.44. The predicted molar refractivity (Wildman–Crippen MR) is 179 cm³/mol. The molecule has 47 heavy (non-hydrogen) atoms. The van der Waals surface area contributed by atoms with E-state index in [0.717, 1.165) is 52.1 Å². The molecule has 4 heterocycles. The zero-order valence-corrected chi connectivity index (χ0v) is 26.4. The van der Waals surface area contributed by atoms with E-state index in [0.29, 0.717) is 40.4 Å². The second-order valence-electron chi connectivity index (χ2n) is 12.3. The Bertz CT molecular complexity index is 2470. The molecule has 0 fully saturated rings. The highest BCUT2D eigenvalue weighted by molar-refractivity contribution is 7.86. The summed E-state index contributed by atoms with van der Waals surface area (Å²) in [5.41, 5.74) is 6.96. The average Bonchev–Trinajstić information content (AvgIpc) is 3.65. The van der Waals surface area contributed by atoms with Gasteiger partial charge in [0.05, 0.1) is 12.4 Å². The number of rotatable bonds is 6. The number of hydrogen-bond acceptors (Lipinski definition) is 7. The van der Waals surface area contributed by atoms with Gasteiger partial charge in [-0.2, -0.15) is 23.0 Å². The van der Waals surface area contributed by atoms with Crippen molar-refractivity contribution in [1.29, 1.82) is 0 Å². The lowest BCUT2D eigenvalue weighted by Gasteiger charge is -2.24. The number of aryl methyl sites for hydroxylation is 1. The van der Waals surface area contributed by atoms with Gasteiger partial charge in [-0.1, -0.05) is 44.2 Å². The molecule has 0 spiro atoms. The second-order valence-corrected chi connectivity index (χ2v) is 13.7. The number of halogens is 1. The zero-order valence-electron chi connectivity index (χ0n) is 25.6. The first-order valence-corrected chi connectivity index (χ1v) is 16.8. The third-order valence-electron chi connectivity index (χ3n) is 8.94. The molecule has 1 aliphatic rings. The van der Waals surface area contributed by atoms with Crippen LogP contribution in [-0.2, 0) is 23.0 Å². The first kappa shape index (κ1) is 29.2. The van der Waals surface area contributed by atoms with Crippen LogP contribution >= 0.6 is 0 Å². The Morgan fingerprint density at radius 2 is 1.83 bits per heavy atom. The van der Waals surface area contributed by atoms with E-state index in [1.807, 2.05) is 30.3 Å². The van der Waals surface area contributed by atoms with Gasteiger partial charge in [-0.3, -0.25) is 9.54 Å². The van der Waals surface area contributed by atoms with Crippen LogP contribution in [0.25, 0.3) is 49.8 Å². The Balaban J connectivity index is 1.17. The zero-order chi connectivity index (χ0) is 32.4. The number of aromatic nitrogens is 6. The fourth-order valence-corrected chi connectivity index (χ4v) is 7.36. The molecule has 12 heteroatoms. The highest BCUT2D eigenvalue weighted by Crippen LogP contribution is 2.36. The van der Waals surface area contributed by atoms with Crippen molar-refractivity contribution < 1.29 is 17.4 Å². The topological polar surface area (TPSA) is 138 Å². The molecule has 0 aliphatic heterocycles. The average molecular weight is 648 g/mol. The number of pyridine rings is 1. The van der Waals surface area contributed by atoms with Crippen LogP contribution in [0.3, 0.4) is 0 Å². The summed E-state index contributed by atoms with van der Waals surface area (Å²) in [5, 5.41) is 10.5. The number of nitrogens with zero attached hydrogens (tertiary/aromatic N) is 5. The summed E-state index contributed by atoms with van der Waals surface area (Å²) in [6.07, 6.45) is 6.86. The quantitative estimate of drug-likeness (QED) is 0.165. The van der Waals surface area contributed by atoms with Gasteiger partial charge in [0.25, 0.3) is 10.1 Å². The molecule has 1 atom stereocenters. The highest BCUT2D eigenvalue weighted by Gasteiger charge is 2.26. The van der Waals surface area contributed by atoms with Crippen LogP contribution in [0.4, 0.5) is 10.3 Å². The van der Waals surface area contributed by atoms with E-state index >= 15 is 0 Å². The molecule has 3 aromatic carbocycles. The van der Waals surface area contributed by atoms with Crippen molar-refractivity contribution in [3.8, 4) is 22.5 Å². The van der Waals surface area contributed by atoms with Crippen LogP contribution in [0, 0.1) is 5.82 Å². The molecule has 8 rings (SSSR count). The summed E-state index contributed by atoms with van der Waals surface area (Å²) in [6.45, 7) is 4.15. The van der Waals surface area contributed by atoms with Gasteiger partial charge in [0.1, 0.15) is 10.7 Å². The molecule has 0 bridgehead atoms. The van der Waals surface area contributed by atoms with Crippen molar-refractivity contribution in [2.24, 2.45) is 0 Å². The van der Waals surface area contributed by atoms with E-state index in [-0.39, 0.29) is 16.9 Å². The van der Waals surface area contributed by atoms with Crippen LogP contribution in [-0.4, -0.2) is 48.6 Å². The number of benzene rings is 3. The molecule has 0 unspecified atom stereocenters. The first-order valence-electron chi connectivity index (χ1n) is 15.4. The molecule has 3 N–H and O–H groups in total. The molecule has 10 nitrogen and oxygen atoms in total. The number of fused-ring (bicyclic) bond motifs is 5. The summed E-state index contributed by atoms with van der Waals surface area (Å²) >= 11 is 0. The lowest BCUT2D eigenvalue weighted by molar-refractivity contribution is 0.484.